The molecule has 1 amide bonds. The maximum Gasteiger partial charge on any atom is 0.250 e. The molecule has 4 heterocycles. The number of hydrogen-bond acceptors (Lipinski definition) is 5. The van der Waals surface area contributed by atoms with Crippen molar-refractivity contribution in [2.45, 2.75) is 25.9 Å². The van der Waals surface area contributed by atoms with Crippen LogP contribution in [-0.4, -0.2) is 39.3 Å². The first-order valence-corrected chi connectivity index (χ1v) is 12.4. The molecule has 0 bridgehead atoms. The summed E-state index contributed by atoms with van der Waals surface area (Å²) in [7, 11) is 1.50. The Labute approximate surface area is 221 Å². The number of hydrogen-bond donors (Lipinski definition) is 2. The van der Waals surface area contributed by atoms with Crippen LogP contribution in [0.3, 0.4) is 0 Å². The molecule has 1 aliphatic rings. The van der Waals surface area contributed by atoms with Crippen LogP contribution in [0.2, 0.25) is 0 Å². The highest BCUT2D eigenvalue weighted by Crippen LogP contribution is 2.42. The summed E-state index contributed by atoms with van der Waals surface area (Å²) in [6, 6.07) is 19.6. The van der Waals surface area contributed by atoms with Crippen molar-refractivity contribution in [3.05, 3.63) is 102 Å². The van der Waals surface area contributed by atoms with Crippen molar-refractivity contribution in [2.24, 2.45) is 0 Å². The summed E-state index contributed by atoms with van der Waals surface area (Å²) < 4.78 is 7.03. The molecule has 0 saturated carbocycles. The molecule has 3 aromatic heterocycles. The molecule has 0 unspecified atom stereocenters. The lowest BCUT2D eigenvalue weighted by Gasteiger charge is -2.29. The number of amides is 1. The predicted molar refractivity (Wildman–Crippen MR) is 148 cm³/mol. The van der Waals surface area contributed by atoms with Crippen LogP contribution in [-0.2, 0) is 9.53 Å². The van der Waals surface area contributed by atoms with Crippen LogP contribution in [0.25, 0.3) is 5.82 Å². The first-order chi connectivity index (χ1) is 18.0. The maximum absolute atomic E-state index is 12.1. The third kappa shape index (κ3) is 4.96. The molecule has 0 radical (unpaired) electrons. The summed E-state index contributed by atoms with van der Waals surface area (Å²) in [6.45, 7) is 3.98. The van der Waals surface area contributed by atoms with Gasteiger partial charge in [-0.05, 0) is 85.7 Å². The second kappa shape index (κ2) is 10.5. The number of rotatable bonds is 7. The molecule has 1 aromatic carbocycles. The molecule has 1 saturated heterocycles. The second-order valence-corrected chi connectivity index (χ2v) is 9.36. The van der Waals surface area contributed by atoms with Gasteiger partial charge in [0.25, 0.3) is 0 Å². The standard InChI is InChI=1S/C28H28N6O2S/c1-18-9-12-24(30-16-18)33-14-6-8-23(33)27-26(22-7-4-5-13-29-22)32-28(37)34(27)20-10-11-21(19(2)15-20)31-25(35)17-36-3/h4-16,26-27H,17H2,1-3H3,(H,31,35)(H,32,37)/t26-,27-/m1/s1. The molecule has 4 aromatic rings. The van der Waals surface area contributed by atoms with Crippen molar-refractivity contribution in [3.8, 4) is 5.82 Å². The van der Waals surface area contributed by atoms with Gasteiger partial charge in [0, 0.05) is 42.8 Å². The van der Waals surface area contributed by atoms with Gasteiger partial charge in [0.05, 0.1) is 11.7 Å². The molecule has 8 nitrogen and oxygen atoms in total. The normalized spacial score (nSPS) is 17.1. The van der Waals surface area contributed by atoms with Crippen LogP contribution in [0.4, 0.5) is 11.4 Å². The van der Waals surface area contributed by atoms with Gasteiger partial charge in [0.1, 0.15) is 18.5 Å². The molecular formula is C28H28N6O2S. The van der Waals surface area contributed by atoms with Gasteiger partial charge < -0.3 is 24.8 Å². The van der Waals surface area contributed by atoms with Gasteiger partial charge >= 0.3 is 0 Å². The molecule has 1 aliphatic heterocycles. The summed E-state index contributed by atoms with van der Waals surface area (Å²) >= 11 is 5.88. The van der Waals surface area contributed by atoms with E-state index in [4.69, 9.17) is 17.0 Å². The topological polar surface area (TPSA) is 84.3 Å². The molecule has 9 heteroatoms. The number of methoxy groups -OCH3 is 1. The number of thiocarbonyl (C=S) groups is 1. The third-order valence-electron chi connectivity index (χ3n) is 6.36. The van der Waals surface area contributed by atoms with E-state index in [1.165, 1.54) is 7.11 Å². The van der Waals surface area contributed by atoms with Crippen LogP contribution in [0.15, 0.2) is 79.3 Å². The smallest absolute Gasteiger partial charge is 0.250 e. The molecular weight excluding hydrogens is 484 g/mol. The van der Waals surface area contributed by atoms with Gasteiger partial charge in [-0.3, -0.25) is 9.78 Å². The minimum Gasteiger partial charge on any atom is -0.375 e. The van der Waals surface area contributed by atoms with E-state index in [1.54, 1.807) is 6.20 Å². The molecule has 188 valence electrons. The fraction of sp³-hybridized carbons (Fsp3) is 0.214. The first kappa shape index (κ1) is 24.6. The minimum atomic E-state index is -0.201. The van der Waals surface area contributed by atoms with Crippen LogP contribution in [0.1, 0.15) is 34.6 Å². The van der Waals surface area contributed by atoms with E-state index < -0.39 is 0 Å². The third-order valence-corrected chi connectivity index (χ3v) is 6.68. The number of nitrogens with zero attached hydrogens (tertiary/aromatic N) is 4. The zero-order valence-electron chi connectivity index (χ0n) is 20.9. The number of carbonyl (C=O) groups is 1. The zero-order valence-corrected chi connectivity index (χ0v) is 21.7. The molecule has 1 fully saturated rings. The van der Waals surface area contributed by atoms with Crippen molar-refractivity contribution in [1.82, 2.24) is 19.9 Å². The van der Waals surface area contributed by atoms with Gasteiger partial charge in [-0.2, -0.15) is 0 Å². The van der Waals surface area contributed by atoms with Gasteiger partial charge in [0.15, 0.2) is 5.11 Å². The van der Waals surface area contributed by atoms with Gasteiger partial charge in [-0.15, -0.1) is 0 Å². The van der Waals surface area contributed by atoms with Crippen LogP contribution in [0.5, 0.6) is 0 Å². The van der Waals surface area contributed by atoms with Crippen molar-refractivity contribution in [2.75, 3.05) is 23.9 Å². The van der Waals surface area contributed by atoms with E-state index in [0.717, 1.165) is 39.7 Å². The quantitative estimate of drug-likeness (QED) is 0.349. The fourth-order valence-electron chi connectivity index (χ4n) is 4.64. The summed E-state index contributed by atoms with van der Waals surface area (Å²) in [6.07, 6.45) is 5.67. The van der Waals surface area contributed by atoms with Crippen LogP contribution in [0, 0.1) is 13.8 Å². The largest absolute Gasteiger partial charge is 0.375 e. The second-order valence-electron chi connectivity index (χ2n) is 8.97. The van der Waals surface area contributed by atoms with E-state index in [9.17, 15) is 4.79 Å². The predicted octanol–water partition coefficient (Wildman–Crippen LogP) is 4.65. The number of aryl methyl sites for hydroxylation is 2. The highest BCUT2D eigenvalue weighted by atomic mass is 32.1. The van der Waals surface area contributed by atoms with E-state index in [1.807, 2.05) is 74.8 Å². The van der Waals surface area contributed by atoms with E-state index in [2.05, 4.69) is 42.2 Å². The number of anilines is 2. The number of benzene rings is 1. The van der Waals surface area contributed by atoms with E-state index in [0.29, 0.717) is 5.11 Å². The molecule has 2 N–H and O–H groups in total. The average Bonchev–Trinajstić information content (AvgIpc) is 3.51. The molecule has 0 aliphatic carbocycles. The number of pyridine rings is 2. The summed E-state index contributed by atoms with van der Waals surface area (Å²) in [4.78, 5) is 23.5. The molecule has 0 spiro atoms. The zero-order chi connectivity index (χ0) is 25.9. The number of ether oxygens (including phenoxy) is 1. The summed E-state index contributed by atoms with van der Waals surface area (Å²) in [5.41, 5.74) is 5.57. The lowest BCUT2D eigenvalue weighted by molar-refractivity contribution is -0.119. The van der Waals surface area contributed by atoms with Crippen molar-refractivity contribution < 1.29 is 9.53 Å². The Hall–Kier alpha value is -4.08. The highest BCUT2D eigenvalue weighted by Gasteiger charge is 2.42. The van der Waals surface area contributed by atoms with E-state index in [-0.39, 0.29) is 24.6 Å². The Balaban J connectivity index is 1.58. The van der Waals surface area contributed by atoms with Crippen molar-refractivity contribution in [1.29, 1.82) is 0 Å². The summed E-state index contributed by atoms with van der Waals surface area (Å²) in [5.74, 6) is 0.628. The van der Waals surface area contributed by atoms with E-state index >= 15 is 0 Å². The summed E-state index contributed by atoms with van der Waals surface area (Å²) in [5, 5.41) is 7.00. The Kier molecular flexibility index (Phi) is 6.98. The fourth-order valence-corrected chi connectivity index (χ4v) is 4.98. The van der Waals surface area contributed by atoms with Crippen molar-refractivity contribution >= 4 is 34.6 Å². The number of carbonyl (C=O) groups excluding carboxylic acids is 1. The van der Waals surface area contributed by atoms with Gasteiger partial charge in [-0.1, -0.05) is 12.1 Å². The Morgan fingerprint density at radius 3 is 2.68 bits per heavy atom. The number of nitrogens with one attached hydrogen (secondary N) is 2. The Morgan fingerprint density at radius 1 is 1.11 bits per heavy atom. The van der Waals surface area contributed by atoms with Crippen molar-refractivity contribution in [3.63, 3.8) is 0 Å². The molecule has 5 rings (SSSR count). The highest BCUT2D eigenvalue weighted by molar-refractivity contribution is 7.80. The van der Waals surface area contributed by atoms with Gasteiger partial charge in [0.2, 0.25) is 5.91 Å². The van der Waals surface area contributed by atoms with Crippen LogP contribution < -0.4 is 15.5 Å². The minimum absolute atomic E-state index is 0.000806. The SMILES string of the molecule is COCC(=O)Nc1ccc(N2C(=S)N[C@H](c3ccccn3)[C@H]2c2cccn2-c2ccc(C)cn2)cc1C. The lowest BCUT2D eigenvalue weighted by Crippen LogP contribution is -2.30. The van der Waals surface area contributed by atoms with Gasteiger partial charge in [-0.25, -0.2) is 4.98 Å². The first-order valence-electron chi connectivity index (χ1n) is 12.0. The number of aromatic nitrogens is 3. The Morgan fingerprint density at radius 2 is 1.97 bits per heavy atom. The average molecular weight is 513 g/mol. The molecule has 2 atom stereocenters. The maximum atomic E-state index is 12.1. The monoisotopic (exact) mass is 512 g/mol. The van der Waals surface area contributed by atoms with Crippen LogP contribution >= 0.6 is 12.2 Å². The Bertz CT molecular complexity index is 1420. The lowest BCUT2D eigenvalue weighted by atomic mass is 10.0. The molecule has 37 heavy (non-hydrogen) atoms.